The van der Waals surface area contributed by atoms with Gasteiger partial charge < -0.3 is 9.84 Å². The van der Waals surface area contributed by atoms with E-state index in [9.17, 15) is 4.79 Å². The lowest BCUT2D eigenvalue weighted by molar-refractivity contribution is -0.116. The maximum Gasteiger partial charge on any atom is 0.226 e. The molecule has 3 aromatic heterocycles. The van der Waals surface area contributed by atoms with Crippen LogP contribution in [0.15, 0.2) is 22.9 Å². The van der Waals surface area contributed by atoms with E-state index in [0.29, 0.717) is 31.1 Å². The Bertz CT molecular complexity index is 927. The van der Waals surface area contributed by atoms with Crippen LogP contribution in [0.1, 0.15) is 68.9 Å². The summed E-state index contributed by atoms with van der Waals surface area (Å²) in [4.78, 5) is 16.6. The minimum absolute atomic E-state index is 0.0269. The summed E-state index contributed by atoms with van der Waals surface area (Å²) in [5, 5.41) is 15.4. The van der Waals surface area contributed by atoms with Gasteiger partial charge >= 0.3 is 0 Å². The molecular formula is C19H24N6O2. The van der Waals surface area contributed by atoms with E-state index in [1.807, 2.05) is 22.7 Å². The maximum atomic E-state index is 12.3. The van der Waals surface area contributed by atoms with Gasteiger partial charge in [-0.05, 0) is 37.8 Å². The SMILES string of the molecule is CCCc1noc(CCCC(=O)Nc2ccc3nnc(C4CCC4)n3c2)n1. The molecule has 0 unspecified atom stereocenters. The highest BCUT2D eigenvalue weighted by Crippen LogP contribution is 2.35. The van der Waals surface area contributed by atoms with Crippen molar-refractivity contribution < 1.29 is 9.32 Å². The number of nitrogens with zero attached hydrogens (tertiary/aromatic N) is 5. The number of hydrogen-bond acceptors (Lipinski definition) is 6. The van der Waals surface area contributed by atoms with Crippen molar-refractivity contribution >= 4 is 17.2 Å². The number of aryl methyl sites for hydroxylation is 2. The zero-order chi connectivity index (χ0) is 18.6. The first kappa shape index (κ1) is 17.6. The van der Waals surface area contributed by atoms with Crippen molar-refractivity contribution in [3.63, 3.8) is 0 Å². The highest BCUT2D eigenvalue weighted by molar-refractivity contribution is 5.90. The zero-order valence-corrected chi connectivity index (χ0v) is 15.5. The number of fused-ring (bicyclic) bond motifs is 1. The minimum atomic E-state index is -0.0269. The summed E-state index contributed by atoms with van der Waals surface area (Å²) < 4.78 is 7.19. The Morgan fingerprint density at radius 2 is 2.19 bits per heavy atom. The first-order valence-corrected chi connectivity index (χ1v) is 9.69. The van der Waals surface area contributed by atoms with Gasteiger partial charge in [-0.15, -0.1) is 10.2 Å². The second-order valence-electron chi connectivity index (χ2n) is 7.09. The number of pyridine rings is 1. The van der Waals surface area contributed by atoms with Crippen molar-refractivity contribution in [1.29, 1.82) is 0 Å². The monoisotopic (exact) mass is 368 g/mol. The van der Waals surface area contributed by atoms with E-state index in [4.69, 9.17) is 4.52 Å². The van der Waals surface area contributed by atoms with E-state index >= 15 is 0 Å². The van der Waals surface area contributed by atoms with Crippen LogP contribution in [0.3, 0.4) is 0 Å². The topological polar surface area (TPSA) is 98.2 Å². The third-order valence-corrected chi connectivity index (χ3v) is 4.96. The maximum absolute atomic E-state index is 12.3. The van der Waals surface area contributed by atoms with Crippen molar-refractivity contribution in [2.45, 2.75) is 64.2 Å². The molecule has 1 saturated carbocycles. The van der Waals surface area contributed by atoms with Crippen LogP contribution in [0, 0.1) is 0 Å². The normalized spacial score (nSPS) is 14.4. The number of rotatable bonds is 8. The molecule has 0 bridgehead atoms. The number of hydrogen-bond donors (Lipinski definition) is 1. The lowest BCUT2D eigenvalue weighted by Gasteiger charge is -2.23. The minimum Gasteiger partial charge on any atom is -0.339 e. The lowest BCUT2D eigenvalue weighted by atomic mass is 9.85. The summed E-state index contributed by atoms with van der Waals surface area (Å²) in [7, 11) is 0. The van der Waals surface area contributed by atoms with Crippen LogP contribution in [0.4, 0.5) is 5.69 Å². The number of amides is 1. The molecule has 8 nitrogen and oxygen atoms in total. The second kappa shape index (κ2) is 7.85. The van der Waals surface area contributed by atoms with E-state index in [1.165, 1.54) is 6.42 Å². The first-order valence-electron chi connectivity index (χ1n) is 9.69. The zero-order valence-electron chi connectivity index (χ0n) is 15.5. The summed E-state index contributed by atoms with van der Waals surface area (Å²) in [5.74, 6) is 2.79. The second-order valence-corrected chi connectivity index (χ2v) is 7.09. The molecule has 8 heteroatoms. The molecule has 0 saturated heterocycles. The molecule has 3 aromatic rings. The highest BCUT2D eigenvalue weighted by atomic mass is 16.5. The Labute approximate surface area is 157 Å². The third kappa shape index (κ3) is 3.99. The fraction of sp³-hybridized carbons (Fsp3) is 0.526. The van der Waals surface area contributed by atoms with E-state index in [-0.39, 0.29) is 5.91 Å². The molecule has 0 radical (unpaired) electrons. The Morgan fingerprint density at radius 3 is 2.96 bits per heavy atom. The Hall–Kier alpha value is -2.77. The number of anilines is 1. The van der Waals surface area contributed by atoms with Gasteiger partial charge in [0.2, 0.25) is 11.8 Å². The van der Waals surface area contributed by atoms with Gasteiger partial charge in [0.25, 0.3) is 0 Å². The highest BCUT2D eigenvalue weighted by Gasteiger charge is 2.24. The van der Waals surface area contributed by atoms with Crippen LogP contribution in [-0.2, 0) is 17.6 Å². The van der Waals surface area contributed by atoms with Gasteiger partial charge in [0.15, 0.2) is 11.5 Å². The molecule has 142 valence electrons. The summed E-state index contributed by atoms with van der Waals surface area (Å²) in [6.45, 7) is 2.08. The van der Waals surface area contributed by atoms with Gasteiger partial charge in [-0.3, -0.25) is 9.20 Å². The number of carbonyl (C=O) groups excluding carboxylic acids is 1. The number of carbonyl (C=O) groups is 1. The smallest absolute Gasteiger partial charge is 0.226 e. The van der Waals surface area contributed by atoms with Gasteiger partial charge in [-0.25, -0.2) is 0 Å². The van der Waals surface area contributed by atoms with Crippen molar-refractivity contribution in [1.82, 2.24) is 24.7 Å². The molecule has 0 spiro atoms. The van der Waals surface area contributed by atoms with Crippen LogP contribution < -0.4 is 5.32 Å². The molecule has 4 rings (SSSR count). The van der Waals surface area contributed by atoms with Gasteiger partial charge in [0, 0.05) is 31.4 Å². The molecule has 0 aliphatic heterocycles. The first-order chi connectivity index (χ1) is 13.2. The average Bonchev–Trinajstić information content (AvgIpc) is 3.21. The lowest BCUT2D eigenvalue weighted by Crippen LogP contribution is -2.14. The van der Waals surface area contributed by atoms with Gasteiger partial charge in [0.05, 0.1) is 5.69 Å². The van der Waals surface area contributed by atoms with Crippen LogP contribution in [0.2, 0.25) is 0 Å². The van der Waals surface area contributed by atoms with E-state index in [1.54, 1.807) is 0 Å². The molecule has 1 aliphatic carbocycles. The summed E-state index contributed by atoms with van der Waals surface area (Å²) >= 11 is 0. The van der Waals surface area contributed by atoms with E-state index in [2.05, 4.69) is 32.6 Å². The number of nitrogens with one attached hydrogen (secondary N) is 1. The predicted molar refractivity (Wildman–Crippen MR) is 99.4 cm³/mol. The molecule has 1 N–H and O–H groups in total. The average molecular weight is 368 g/mol. The largest absolute Gasteiger partial charge is 0.339 e. The Balaban J connectivity index is 1.32. The Kier molecular flexibility index (Phi) is 5.13. The fourth-order valence-corrected chi connectivity index (χ4v) is 3.27. The standard InChI is InChI=1S/C19H24N6O2/c1-2-5-15-21-18(27-24-15)9-4-8-17(26)20-14-10-11-16-22-23-19(25(16)12-14)13-6-3-7-13/h10-13H,2-9H2,1H3,(H,20,26). The van der Waals surface area contributed by atoms with Gasteiger partial charge in [-0.1, -0.05) is 18.5 Å². The molecule has 1 amide bonds. The van der Waals surface area contributed by atoms with Crippen LogP contribution in [-0.4, -0.2) is 30.6 Å². The van der Waals surface area contributed by atoms with Crippen molar-refractivity contribution in [3.05, 3.63) is 35.9 Å². The van der Waals surface area contributed by atoms with Crippen LogP contribution in [0.5, 0.6) is 0 Å². The summed E-state index contributed by atoms with van der Waals surface area (Å²) in [6.07, 6.45) is 8.97. The predicted octanol–water partition coefficient (Wildman–Crippen LogP) is 3.29. The molecule has 27 heavy (non-hydrogen) atoms. The van der Waals surface area contributed by atoms with E-state index in [0.717, 1.165) is 48.7 Å². The van der Waals surface area contributed by atoms with Gasteiger partial charge in [0.1, 0.15) is 5.82 Å². The fourth-order valence-electron chi connectivity index (χ4n) is 3.27. The third-order valence-electron chi connectivity index (χ3n) is 4.96. The van der Waals surface area contributed by atoms with Crippen LogP contribution in [0.25, 0.3) is 5.65 Å². The van der Waals surface area contributed by atoms with Crippen molar-refractivity contribution in [2.75, 3.05) is 5.32 Å². The van der Waals surface area contributed by atoms with Crippen molar-refractivity contribution in [2.24, 2.45) is 0 Å². The Morgan fingerprint density at radius 1 is 1.30 bits per heavy atom. The summed E-state index contributed by atoms with van der Waals surface area (Å²) in [6, 6.07) is 3.75. The molecule has 0 aromatic carbocycles. The van der Waals surface area contributed by atoms with Crippen LogP contribution >= 0.6 is 0 Å². The van der Waals surface area contributed by atoms with Gasteiger partial charge in [-0.2, -0.15) is 4.98 Å². The van der Waals surface area contributed by atoms with E-state index < -0.39 is 0 Å². The van der Waals surface area contributed by atoms with Crippen molar-refractivity contribution in [3.8, 4) is 0 Å². The summed E-state index contributed by atoms with van der Waals surface area (Å²) in [5.41, 5.74) is 1.57. The molecule has 1 aliphatic rings. The molecular weight excluding hydrogens is 344 g/mol. The molecule has 1 fully saturated rings. The quantitative estimate of drug-likeness (QED) is 0.655. The molecule has 3 heterocycles. The molecule has 0 atom stereocenters. The number of aromatic nitrogens is 5.